The molecule has 0 saturated carbocycles. The van der Waals surface area contributed by atoms with Crippen molar-refractivity contribution in [3.63, 3.8) is 0 Å². The number of sulfone groups is 1. The Labute approximate surface area is 266 Å². The van der Waals surface area contributed by atoms with Gasteiger partial charge in [0.25, 0.3) is 0 Å². The maximum atomic E-state index is 15.1. The molecule has 4 aromatic carbocycles. The minimum absolute atomic E-state index is 0.00653. The second-order valence-electron chi connectivity index (χ2n) is 11.7. The average Bonchev–Trinajstić information content (AvgIpc) is 2.97. The molecule has 46 heavy (non-hydrogen) atoms. The molecular weight excluding hydrogens is 625 g/mol. The standard InChI is InChI=1S/C35H36F5NO4S/c1-34(2,42)32-30(36)20-27(21-31(32)46(3,43)44)45-19-11-18-41(22-26-16-10-17-29(33(26)37)35(38,39)40)23-28(24-12-6-4-7-13-24)25-14-8-5-9-15-25/h4-10,12-17,20-21,28,42H,11,18-19,22-23H2,1-3H3. The fourth-order valence-corrected chi connectivity index (χ4v) is 6.48. The molecular formula is C35H36F5NO4S. The van der Waals surface area contributed by atoms with Crippen LogP contribution in [0, 0.1) is 11.6 Å². The summed E-state index contributed by atoms with van der Waals surface area (Å²) in [5.74, 6) is -2.53. The molecule has 0 unspecified atom stereocenters. The normalized spacial score (nSPS) is 12.6. The van der Waals surface area contributed by atoms with E-state index in [4.69, 9.17) is 4.74 Å². The lowest BCUT2D eigenvalue weighted by Gasteiger charge is -2.29. The van der Waals surface area contributed by atoms with E-state index in [1.807, 2.05) is 65.6 Å². The second-order valence-corrected chi connectivity index (χ2v) is 13.7. The molecule has 0 bridgehead atoms. The highest BCUT2D eigenvalue weighted by Gasteiger charge is 2.35. The molecule has 0 atom stereocenters. The molecule has 0 aliphatic rings. The molecule has 5 nitrogen and oxygen atoms in total. The van der Waals surface area contributed by atoms with Gasteiger partial charge in [-0.15, -0.1) is 0 Å². The van der Waals surface area contributed by atoms with Crippen LogP contribution in [0.3, 0.4) is 0 Å². The van der Waals surface area contributed by atoms with Gasteiger partial charge in [0.2, 0.25) is 0 Å². The summed E-state index contributed by atoms with van der Waals surface area (Å²) in [6.45, 7) is 3.01. The Morgan fingerprint density at radius 1 is 0.870 bits per heavy atom. The van der Waals surface area contributed by atoms with Crippen LogP contribution in [0.25, 0.3) is 0 Å². The van der Waals surface area contributed by atoms with Crippen LogP contribution in [0.2, 0.25) is 0 Å². The monoisotopic (exact) mass is 661 g/mol. The van der Waals surface area contributed by atoms with Crippen molar-refractivity contribution in [2.24, 2.45) is 0 Å². The number of halogens is 5. The summed E-state index contributed by atoms with van der Waals surface area (Å²) in [4.78, 5) is 1.44. The van der Waals surface area contributed by atoms with Gasteiger partial charge in [0.1, 0.15) is 17.4 Å². The van der Waals surface area contributed by atoms with E-state index in [0.717, 1.165) is 29.5 Å². The number of benzene rings is 4. The number of rotatable bonds is 13. The van der Waals surface area contributed by atoms with Crippen LogP contribution in [0.1, 0.15) is 54.0 Å². The third kappa shape index (κ3) is 8.92. The Kier molecular flexibility index (Phi) is 10.9. The summed E-state index contributed by atoms with van der Waals surface area (Å²) in [6, 6.07) is 24.5. The number of ether oxygens (including phenoxy) is 1. The summed E-state index contributed by atoms with van der Waals surface area (Å²) in [5.41, 5.74) is -1.66. The van der Waals surface area contributed by atoms with E-state index in [9.17, 15) is 26.7 Å². The van der Waals surface area contributed by atoms with E-state index in [2.05, 4.69) is 0 Å². The van der Waals surface area contributed by atoms with E-state index < -0.39 is 43.7 Å². The molecule has 0 saturated heterocycles. The molecule has 1 N–H and O–H groups in total. The zero-order valence-corrected chi connectivity index (χ0v) is 26.5. The van der Waals surface area contributed by atoms with Crippen molar-refractivity contribution in [2.75, 3.05) is 26.0 Å². The van der Waals surface area contributed by atoms with Gasteiger partial charge in [0.15, 0.2) is 9.84 Å². The van der Waals surface area contributed by atoms with Gasteiger partial charge in [-0.05, 0) is 43.5 Å². The highest BCUT2D eigenvalue weighted by atomic mass is 32.2. The Bertz CT molecular complexity index is 1680. The zero-order valence-electron chi connectivity index (χ0n) is 25.7. The largest absolute Gasteiger partial charge is 0.493 e. The molecule has 0 amide bonds. The molecule has 0 heterocycles. The third-order valence-corrected chi connectivity index (χ3v) is 8.67. The minimum Gasteiger partial charge on any atom is -0.493 e. The number of nitrogens with zero attached hydrogens (tertiary/aromatic N) is 1. The topological polar surface area (TPSA) is 66.8 Å². The zero-order chi connectivity index (χ0) is 33.7. The molecule has 0 aromatic heterocycles. The molecule has 0 spiro atoms. The van der Waals surface area contributed by atoms with Crippen LogP contribution in [0.15, 0.2) is 95.9 Å². The van der Waals surface area contributed by atoms with Gasteiger partial charge in [-0.1, -0.05) is 72.8 Å². The number of alkyl halides is 3. The number of aliphatic hydroxyl groups is 1. The van der Waals surface area contributed by atoms with Crippen molar-refractivity contribution in [3.8, 4) is 5.75 Å². The van der Waals surface area contributed by atoms with Crippen molar-refractivity contribution in [3.05, 3.63) is 130 Å². The van der Waals surface area contributed by atoms with E-state index in [0.29, 0.717) is 19.0 Å². The molecule has 0 fully saturated rings. The second kappa shape index (κ2) is 14.3. The molecule has 0 aliphatic heterocycles. The lowest BCUT2D eigenvalue weighted by Crippen LogP contribution is -2.31. The molecule has 246 valence electrons. The highest BCUT2D eigenvalue weighted by Crippen LogP contribution is 2.35. The first-order chi connectivity index (χ1) is 21.6. The summed E-state index contributed by atoms with van der Waals surface area (Å²) >= 11 is 0. The van der Waals surface area contributed by atoms with Crippen molar-refractivity contribution in [1.29, 1.82) is 0 Å². The molecule has 11 heteroatoms. The number of hydrogen-bond donors (Lipinski definition) is 1. The summed E-state index contributed by atoms with van der Waals surface area (Å²) in [6.07, 6.45) is -3.66. The van der Waals surface area contributed by atoms with Crippen molar-refractivity contribution < 1.29 is 40.2 Å². The third-order valence-electron chi connectivity index (χ3n) is 7.55. The molecule has 4 aromatic rings. The first-order valence-electron chi connectivity index (χ1n) is 14.6. The van der Waals surface area contributed by atoms with Gasteiger partial charge >= 0.3 is 6.18 Å². The van der Waals surface area contributed by atoms with Crippen LogP contribution >= 0.6 is 0 Å². The maximum Gasteiger partial charge on any atom is 0.419 e. The smallest absolute Gasteiger partial charge is 0.419 e. The lowest BCUT2D eigenvalue weighted by molar-refractivity contribution is -0.140. The first-order valence-corrected chi connectivity index (χ1v) is 16.5. The van der Waals surface area contributed by atoms with Gasteiger partial charge in [0, 0.05) is 49.0 Å². The van der Waals surface area contributed by atoms with E-state index in [1.54, 1.807) is 0 Å². The van der Waals surface area contributed by atoms with Crippen molar-refractivity contribution in [1.82, 2.24) is 4.90 Å². The first kappa shape index (κ1) is 35.1. The molecule has 0 aliphatic carbocycles. The fraction of sp³-hybridized carbons (Fsp3) is 0.314. The summed E-state index contributed by atoms with van der Waals surface area (Å²) < 4.78 is 101. The van der Waals surface area contributed by atoms with Crippen LogP contribution in [0.4, 0.5) is 22.0 Å². The Hall–Kier alpha value is -3.80. The van der Waals surface area contributed by atoms with E-state index in [1.165, 1.54) is 26.0 Å². The highest BCUT2D eigenvalue weighted by molar-refractivity contribution is 7.90. The quantitative estimate of drug-likeness (QED) is 0.117. The SMILES string of the molecule is CC(C)(O)c1c(F)cc(OCCCN(Cc2cccc(C(F)(F)F)c2F)CC(c2ccccc2)c2ccccc2)cc1S(C)(=O)=O. The fourth-order valence-electron chi connectivity index (χ4n) is 5.43. The average molecular weight is 662 g/mol. The Morgan fingerprint density at radius 3 is 1.98 bits per heavy atom. The lowest BCUT2D eigenvalue weighted by atomic mass is 9.90. The Morgan fingerprint density at radius 2 is 1.46 bits per heavy atom. The predicted molar refractivity (Wildman–Crippen MR) is 166 cm³/mol. The van der Waals surface area contributed by atoms with E-state index in [-0.39, 0.29) is 42.5 Å². The van der Waals surface area contributed by atoms with Gasteiger partial charge in [-0.3, -0.25) is 4.90 Å². The van der Waals surface area contributed by atoms with Crippen molar-refractivity contribution >= 4 is 9.84 Å². The number of hydrogen-bond acceptors (Lipinski definition) is 5. The van der Waals surface area contributed by atoms with Gasteiger partial charge < -0.3 is 9.84 Å². The summed E-state index contributed by atoms with van der Waals surface area (Å²) in [5, 5.41) is 10.4. The van der Waals surface area contributed by atoms with Crippen molar-refractivity contribution in [2.45, 2.75) is 49.4 Å². The van der Waals surface area contributed by atoms with Gasteiger partial charge in [0.05, 0.1) is 22.7 Å². The molecule has 4 rings (SSSR count). The van der Waals surface area contributed by atoms with Crippen LogP contribution in [-0.2, 0) is 28.2 Å². The maximum absolute atomic E-state index is 15.1. The summed E-state index contributed by atoms with van der Waals surface area (Å²) in [7, 11) is -3.93. The predicted octanol–water partition coefficient (Wildman–Crippen LogP) is 7.72. The van der Waals surface area contributed by atoms with Gasteiger partial charge in [-0.2, -0.15) is 13.2 Å². The Balaban J connectivity index is 1.60. The van der Waals surface area contributed by atoms with Crippen LogP contribution < -0.4 is 4.74 Å². The van der Waals surface area contributed by atoms with Crippen LogP contribution in [-0.4, -0.2) is 44.4 Å². The minimum atomic E-state index is -4.85. The van der Waals surface area contributed by atoms with Gasteiger partial charge in [-0.25, -0.2) is 17.2 Å². The van der Waals surface area contributed by atoms with E-state index >= 15 is 8.78 Å². The molecule has 0 radical (unpaired) electrons. The van der Waals surface area contributed by atoms with Crippen LogP contribution in [0.5, 0.6) is 5.75 Å².